The van der Waals surface area contributed by atoms with E-state index in [1.807, 2.05) is 30.3 Å². The lowest BCUT2D eigenvalue weighted by atomic mass is 9.92. The molecule has 0 radical (unpaired) electrons. The van der Waals surface area contributed by atoms with Gasteiger partial charge < -0.3 is 11.1 Å². The lowest BCUT2D eigenvalue weighted by molar-refractivity contribution is -0.120. The van der Waals surface area contributed by atoms with E-state index < -0.39 is 5.54 Å². The van der Waals surface area contributed by atoms with Gasteiger partial charge in [-0.25, -0.2) is 0 Å². The number of carbonyl (C=O) groups is 1. The smallest absolute Gasteiger partial charge is 0.249 e. The molecule has 1 aromatic heterocycles. The van der Waals surface area contributed by atoms with E-state index in [4.69, 9.17) is 5.73 Å². The van der Waals surface area contributed by atoms with Crippen LogP contribution in [0.5, 0.6) is 0 Å². The zero-order valence-corrected chi connectivity index (χ0v) is 13.9. The molecular weight excluding hydrogens is 292 g/mol. The van der Waals surface area contributed by atoms with Crippen LogP contribution in [0.4, 0.5) is 5.00 Å². The summed E-state index contributed by atoms with van der Waals surface area (Å²) < 4.78 is 0. The number of anilines is 1. The molecule has 1 aliphatic carbocycles. The fourth-order valence-electron chi connectivity index (χ4n) is 2.99. The van der Waals surface area contributed by atoms with Gasteiger partial charge >= 0.3 is 0 Å². The molecule has 3 rings (SSSR count). The van der Waals surface area contributed by atoms with E-state index in [0.717, 1.165) is 23.4 Å². The van der Waals surface area contributed by atoms with Gasteiger partial charge in [-0.3, -0.25) is 4.79 Å². The van der Waals surface area contributed by atoms with Crippen molar-refractivity contribution < 1.29 is 4.79 Å². The molecule has 0 fully saturated rings. The molecule has 0 spiro atoms. The molecule has 0 bridgehead atoms. The SMILES string of the molecule is Cc1c(NC(=O)C(C)(N)c2ccccc2)sc2c1CCCC2. The topological polar surface area (TPSA) is 55.1 Å². The number of carbonyl (C=O) groups excluding carboxylic acids is 1. The number of fused-ring (bicyclic) bond motifs is 1. The number of nitrogens with two attached hydrogens (primary N) is 1. The van der Waals surface area contributed by atoms with Crippen LogP contribution in [-0.4, -0.2) is 5.91 Å². The van der Waals surface area contributed by atoms with Gasteiger partial charge in [0.15, 0.2) is 0 Å². The molecule has 0 saturated carbocycles. The van der Waals surface area contributed by atoms with Crippen molar-refractivity contribution in [1.29, 1.82) is 0 Å². The maximum atomic E-state index is 12.7. The first-order valence-electron chi connectivity index (χ1n) is 7.77. The van der Waals surface area contributed by atoms with Gasteiger partial charge in [-0.05, 0) is 56.2 Å². The summed E-state index contributed by atoms with van der Waals surface area (Å²) in [6.07, 6.45) is 4.76. The van der Waals surface area contributed by atoms with Crippen molar-refractivity contribution in [2.75, 3.05) is 5.32 Å². The average Bonchev–Trinajstić information content (AvgIpc) is 2.85. The minimum atomic E-state index is -1.03. The second-order valence-electron chi connectivity index (χ2n) is 6.19. The minimum absolute atomic E-state index is 0.152. The third kappa shape index (κ3) is 2.69. The van der Waals surface area contributed by atoms with E-state index in [0.29, 0.717) is 0 Å². The van der Waals surface area contributed by atoms with Crippen LogP contribution in [0.1, 0.15) is 41.3 Å². The fraction of sp³-hybridized carbons (Fsp3) is 0.389. The number of rotatable bonds is 3. The summed E-state index contributed by atoms with van der Waals surface area (Å²) in [5.74, 6) is -0.152. The largest absolute Gasteiger partial charge is 0.316 e. The molecular formula is C18H22N2OS. The highest BCUT2D eigenvalue weighted by atomic mass is 32.1. The Balaban J connectivity index is 1.84. The number of benzene rings is 1. The minimum Gasteiger partial charge on any atom is -0.316 e. The standard InChI is InChI=1S/C18H22N2OS/c1-12-14-10-6-7-11-15(14)22-16(12)20-17(21)18(2,19)13-8-4-3-5-9-13/h3-5,8-9H,6-7,10-11,19H2,1-2H3,(H,20,21). The Hall–Kier alpha value is -1.65. The molecule has 1 atom stereocenters. The van der Waals surface area contributed by atoms with E-state index in [1.165, 1.54) is 28.8 Å². The van der Waals surface area contributed by atoms with E-state index in [-0.39, 0.29) is 5.91 Å². The molecule has 1 aromatic carbocycles. The third-order valence-electron chi connectivity index (χ3n) is 4.51. The van der Waals surface area contributed by atoms with Crippen molar-refractivity contribution >= 4 is 22.2 Å². The molecule has 4 heteroatoms. The maximum absolute atomic E-state index is 12.7. The van der Waals surface area contributed by atoms with Gasteiger partial charge in [-0.1, -0.05) is 30.3 Å². The number of thiophene rings is 1. The molecule has 1 aliphatic rings. The molecule has 1 amide bonds. The molecule has 22 heavy (non-hydrogen) atoms. The van der Waals surface area contributed by atoms with Gasteiger partial charge in [-0.15, -0.1) is 11.3 Å². The van der Waals surface area contributed by atoms with Crippen molar-refractivity contribution in [3.8, 4) is 0 Å². The van der Waals surface area contributed by atoms with E-state index in [9.17, 15) is 4.79 Å². The highest BCUT2D eigenvalue weighted by Gasteiger charge is 2.31. The number of amides is 1. The maximum Gasteiger partial charge on any atom is 0.249 e. The Morgan fingerprint density at radius 2 is 1.91 bits per heavy atom. The molecule has 1 unspecified atom stereocenters. The molecule has 116 valence electrons. The van der Waals surface area contributed by atoms with Gasteiger partial charge in [0, 0.05) is 4.88 Å². The number of hydrogen-bond donors (Lipinski definition) is 2. The Labute approximate surface area is 135 Å². The lowest BCUT2D eigenvalue weighted by Gasteiger charge is -2.24. The summed E-state index contributed by atoms with van der Waals surface area (Å²) in [4.78, 5) is 14.1. The van der Waals surface area contributed by atoms with E-state index in [2.05, 4.69) is 12.2 Å². The highest BCUT2D eigenvalue weighted by Crippen LogP contribution is 2.38. The number of nitrogens with one attached hydrogen (secondary N) is 1. The Bertz CT molecular complexity index is 689. The molecule has 3 N–H and O–H groups in total. The Morgan fingerprint density at radius 1 is 1.23 bits per heavy atom. The lowest BCUT2D eigenvalue weighted by Crippen LogP contribution is -2.45. The van der Waals surface area contributed by atoms with Crippen molar-refractivity contribution in [2.45, 2.75) is 45.1 Å². The monoisotopic (exact) mass is 314 g/mol. The van der Waals surface area contributed by atoms with Crippen LogP contribution in [-0.2, 0) is 23.2 Å². The Morgan fingerprint density at radius 3 is 2.59 bits per heavy atom. The first kappa shape index (κ1) is 15.3. The summed E-state index contributed by atoms with van der Waals surface area (Å²) in [6.45, 7) is 3.87. The predicted octanol–water partition coefficient (Wildman–Crippen LogP) is 3.75. The van der Waals surface area contributed by atoms with Gasteiger partial charge in [0.1, 0.15) is 5.54 Å². The van der Waals surface area contributed by atoms with Crippen LogP contribution in [0, 0.1) is 6.92 Å². The first-order valence-corrected chi connectivity index (χ1v) is 8.59. The summed E-state index contributed by atoms with van der Waals surface area (Å²) >= 11 is 1.71. The van der Waals surface area contributed by atoms with Crippen LogP contribution in [0.15, 0.2) is 30.3 Å². The zero-order valence-electron chi connectivity index (χ0n) is 13.1. The molecule has 2 aromatic rings. The zero-order chi connectivity index (χ0) is 15.7. The molecule has 3 nitrogen and oxygen atoms in total. The summed E-state index contributed by atoms with van der Waals surface area (Å²) in [5.41, 5.74) is 8.74. The van der Waals surface area contributed by atoms with Gasteiger partial charge in [-0.2, -0.15) is 0 Å². The van der Waals surface area contributed by atoms with Gasteiger partial charge in [0.2, 0.25) is 5.91 Å². The van der Waals surface area contributed by atoms with E-state index >= 15 is 0 Å². The first-order chi connectivity index (χ1) is 10.5. The van der Waals surface area contributed by atoms with Crippen LogP contribution in [0.25, 0.3) is 0 Å². The van der Waals surface area contributed by atoms with Crippen molar-refractivity contribution in [3.05, 3.63) is 51.9 Å². The number of aryl methyl sites for hydroxylation is 1. The second-order valence-corrected chi connectivity index (χ2v) is 7.29. The summed E-state index contributed by atoms with van der Waals surface area (Å²) in [6, 6.07) is 9.53. The van der Waals surface area contributed by atoms with Gasteiger partial charge in [0.05, 0.1) is 5.00 Å². The third-order valence-corrected chi connectivity index (χ3v) is 5.82. The normalized spacial score (nSPS) is 16.7. The van der Waals surface area contributed by atoms with Crippen molar-refractivity contribution in [2.24, 2.45) is 5.73 Å². The van der Waals surface area contributed by atoms with Gasteiger partial charge in [0.25, 0.3) is 0 Å². The Kier molecular flexibility index (Phi) is 4.06. The summed E-state index contributed by atoms with van der Waals surface area (Å²) in [5, 5.41) is 4.02. The van der Waals surface area contributed by atoms with Crippen molar-refractivity contribution in [1.82, 2.24) is 0 Å². The average molecular weight is 314 g/mol. The molecule has 1 heterocycles. The summed E-state index contributed by atoms with van der Waals surface area (Å²) in [7, 11) is 0. The predicted molar refractivity (Wildman–Crippen MR) is 92.3 cm³/mol. The molecule has 0 aliphatic heterocycles. The van der Waals surface area contributed by atoms with Crippen molar-refractivity contribution in [3.63, 3.8) is 0 Å². The second kappa shape index (κ2) is 5.86. The van der Waals surface area contributed by atoms with Crippen LogP contribution in [0.3, 0.4) is 0 Å². The molecule has 0 saturated heterocycles. The van der Waals surface area contributed by atoms with Crippen LogP contribution >= 0.6 is 11.3 Å². The quantitative estimate of drug-likeness (QED) is 0.906. The highest BCUT2D eigenvalue weighted by molar-refractivity contribution is 7.16. The van der Waals surface area contributed by atoms with Crippen LogP contribution in [0.2, 0.25) is 0 Å². The van der Waals surface area contributed by atoms with E-state index in [1.54, 1.807) is 18.3 Å². The fourth-order valence-corrected chi connectivity index (χ4v) is 4.28. The van der Waals surface area contributed by atoms with Crippen LogP contribution < -0.4 is 11.1 Å². The number of hydrogen-bond acceptors (Lipinski definition) is 3.